The number of sulfonamides is 1. The van der Waals surface area contributed by atoms with Gasteiger partial charge in [0.25, 0.3) is 5.91 Å². The molecule has 1 atom stereocenters. The van der Waals surface area contributed by atoms with E-state index in [1.165, 1.54) is 39.9 Å². The van der Waals surface area contributed by atoms with Crippen LogP contribution in [0.3, 0.4) is 0 Å². The molecule has 1 heterocycles. The second kappa shape index (κ2) is 8.85. The normalized spacial score (nSPS) is 14.0. The van der Waals surface area contributed by atoms with Crippen molar-refractivity contribution in [1.82, 2.24) is 9.62 Å². The van der Waals surface area contributed by atoms with E-state index in [2.05, 4.69) is 5.32 Å². The molecule has 3 rings (SSSR count). The zero-order chi connectivity index (χ0) is 21.9. The van der Waals surface area contributed by atoms with Crippen LogP contribution in [0.25, 0.3) is 10.1 Å². The van der Waals surface area contributed by atoms with Crippen LogP contribution in [0.15, 0.2) is 59.5 Å². The molecule has 3 aromatic rings. The average Bonchev–Trinajstić information content (AvgIpc) is 3.18. The Morgan fingerprint density at radius 1 is 1.10 bits per heavy atom. The molecule has 0 bridgehead atoms. The highest BCUT2D eigenvalue weighted by atomic mass is 32.2. The highest BCUT2D eigenvalue weighted by Gasteiger charge is 2.27. The summed E-state index contributed by atoms with van der Waals surface area (Å²) >= 11 is 1.49. The number of rotatable bonds is 8. The summed E-state index contributed by atoms with van der Waals surface area (Å²) in [7, 11) is -3.57. The van der Waals surface area contributed by atoms with Crippen molar-refractivity contribution in [1.29, 1.82) is 0 Å². The van der Waals surface area contributed by atoms with Crippen LogP contribution >= 0.6 is 11.3 Å². The summed E-state index contributed by atoms with van der Waals surface area (Å²) in [5.41, 5.74) is -0.883. The second-order valence-electron chi connectivity index (χ2n) is 7.22. The van der Waals surface area contributed by atoms with Gasteiger partial charge in [-0.3, -0.25) is 4.79 Å². The number of amides is 1. The van der Waals surface area contributed by atoms with E-state index in [0.29, 0.717) is 18.7 Å². The molecule has 1 amide bonds. The summed E-state index contributed by atoms with van der Waals surface area (Å²) in [4.78, 5) is 13.4. The monoisotopic (exact) mass is 446 g/mol. The van der Waals surface area contributed by atoms with Crippen molar-refractivity contribution in [2.75, 3.05) is 19.6 Å². The zero-order valence-corrected chi connectivity index (χ0v) is 18.9. The molecule has 0 fully saturated rings. The van der Waals surface area contributed by atoms with Gasteiger partial charge in [-0.2, -0.15) is 4.31 Å². The lowest BCUT2D eigenvalue weighted by Crippen LogP contribution is -2.38. The van der Waals surface area contributed by atoms with E-state index in [4.69, 9.17) is 0 Å². The molecule has 6 nitrogen and oxygen atoms in total. The number of nitrogens with one attached hydrogen (secondary N) is 1. The average molecular weight is 447 g/mol. The van der Waals surface area contributed by atoms with Gasteiger partial charge in [0.1, 0.15) is 5.60 Å². The van der Waals surface area contributed by atoms with E-state index in [9.17, 15) is 18.3 Å². The highest BCUT2D eigenvalue weighted by Crippen LogP contribution is 2.32. The predicted octanol–water partition coefficient (Wildman–Crippen LogP) is 3.57. The fourth-order valence-electron chi connectivity index (χ4n) is 3.18. The molecule has 0 unspecified atom stereocenters. The molecule has 0 saturated heterocycles. The molecule has 0 saturated carbocycles. The number of hydrogen-bond donors (Lipinski definition) is 2. The Hall–Kier alpha value is -2.26. The Balaban J connectivity index is 1.70. The smallest absolute Gasteiger partial charge is 0.251 e. The Bertz CT molecular complexity index is 1100. The van der Waals surface area contributed by atoms with Crippen molar-refractivity contribution in [3.05, 3.63) is 65.0 Å². The van der Waals surface area contributed by atoms with E-state index < -0.39 is 15.6 Å². The minimum absolute atomic E-state index is 0.0398. The van der Waals surface area contributed by atoms with E-state index in [1.807, 2.05) is 30.3 Å². The second-order valence-corrected chi connectivity index (χ2v) is 10.2. The molecule has 8 heteroatoms. The van der Waals surface area contributed by atoms with Gasteiger partial charge in [-0.15, -0.1) is 11.3 Å². The number of nitrogens with zero attached hydrogens (tertiary/aromatic N) is 1. The number of carbonyl (C=O) groups excluding carboxylic acids is 1. The van der Waals surface area contributed by atoms with E-state index in [0.717, 1.165) is 15.0 Å². The van der Waals surface area contributed by atoms with E-state index in [-0.39, 0.29) is 17.3 Å². The zero-order valence-electron chi connectivity index (χ0n) is 17.3. The lowest BCUT2D eigenvalue weighted by atomic mass is 10.0. The van der Waals surface area contributed by atoms with Crippen molar-refractivity contribution in [3.63, 3.8) is 0 Å². The lowest BCUT2D eigenvalue weighted by Gasteiger charge is -2.22. The van der Waals surface area contributed by atoms with E-state index >= 15 is 0 Å². The maximum atomic E-state index is 12.6. The Kier molecular flexibility index (Phi) is 6.62. The summed E-state index contributed by atoms with van der Waals surface area (Å²) < 4.78 is 27.6. The third-order valence-corrected chi connectivity index (χ3v) is 8.44. The van der Waals surface area contributed by atoms with Crippen LogP contribution < -0.4 is 5.32 Å². The molecule has 0 aliphatic rings. The van der Waals surface area contributed by atoms with Gasteiger partial charge < -0.3 is 10.4 Å². The van der Waals surface area contributed by atoms with Crippen molar-refractivity contribution in [2.24, 2.45) is 0 Å². The van der Waals surface area contributed by atoms with Crippen LogP contribution in [0.2, 0.25) is 0 Å². The molecule has 2 N–H and O–H groups in total. The number of aliphatic hydroxyl groups is 1. The maximum absolute atomic E-state index is 12.6. The first kappa shape index (κ1) is 22.4. The molecule has 0 aliphatic heterocycles. The molecular weight excluding hydrogens is 420 g/mol. The number of fused-ring (bicyclic) bond motifs is 1. The lowest BCUT2D eigenvalue weighted by molar-refractivity contribution is 0.0557. The first-order valence-corrected chi connectivity index (χ1v) is 12.0. The Labute approximate surface area is 181 Å². The van der Waals surface area contributed by atoms with Crippen molar-refractivity contribution >= 4 is 37.4 Å². The Morgan fingerprint density at radius 3 is 2.33 bits per heavy atom. The summed E-state index contributed by atoms with van der Waals surface area (Å²) in [6.45, 7) is 6.04. The molecule has 0 radical (unpaired) electrons. The minimum atomic E-state index is -3.57. The van der Waals surface area contributed by atoms with Crippen LogP contribution in [0.5, 0.6) is 0 Å². The fourth-order valence-corrected chi connectivity index (χ4v) is 5.74. The van der Waals surface area contributed by atoms with Gasteiger partial charge in [-0.05, 0) is 48.7 Å². The first-order chi connectivity index (χ1) is 14.2. The summed E-state index contributed by atoms with van der Waals surface area (Å²) in [5, 5.41) is 14.7. The van der Waals surface area contributed by atoms with Crippen LogP contribution in [0.1, 0.15) is 36.0 Å². The van der Waals surface area contributed by atoms with Gasteiger partial charge >= 0.3 is 0 Å². The van der Waals surface area contributed by atoms with Crippen molar-refractivity contribution in [2.45, 2.75) is 31.3 Å². The van der Waals surface area contributed by atoms with Crippen LogP contribution in [0.4, 0.5) is 0 Å². The van der Waals surface area contributed by atoms with Crippen LogP contribution in [-0.2, 0) is 15.6 Å². The predicted molar refractivity (Wildman–Crippen MR) is 120 cm³/mol. The van der Waals surface area contributed by atoms with Gasteiger partial charge in [-0.1, -0.05) is 32.0 Å². The van der Waals surface area contributed by atoms with Crippen LogP contribution in [0, 0.1) is 0 Å². The van der Waals surface area contributed by atoms with Gasteiger partial charge in [-0.25, -0.2) is 8.42 Å². The van der Waals surface area contributed by atoms with Crippen molar-refractivity contribution in [3.8, 4) is 0 Å². The third-order valence-electron chi connectivity index (χ3n) is 5.01. The molecule has 2 aromatic carbocycles. The summed E-state index contributed by atoms with van der Waals surface area (Å²) in [6.07, 6.45) is 0. The molecular formula is C22H26N2O4S2. The fraction of sp³-hybridized carbons (Fsp3) is 0.318. The number of hydrogen-bond acceptors (Lipinski definition) is 5. The molecule has 1 aromatic heterocycles. The van der Waals surface area contributed by atoms with Crippen LogP contribution in [-0.4, -0.2) is 43.4 Å². The standard InChI is InChI=1S/C22H26N2O4S2/c1-4-24(5-2)30(27,28)18-12-10-16(11-13-18)21(25)23-15-22(3,26)20-14-17-8-6-7-9-19(17)29-20/h6-14,26H,4-5,15H2,1-3H3,(H,23,25)/t22-/m1/s1. The molecule has 0 aliphatic carbocycles. The number of benzene rings is 2. The minimum Gasteiger partial charge on any atom is -0.383 e. The number of carbonyl (C=O) groups is 1. The van der Waals surface area contributed by atoms with Gasteiger partial charge in [0.2, 0.25) is 10.0 Å². The summed E-state index contributed by atoms with van der Waals surface area (Å²) in [6, 6.07) is 15.6. The SMILES string of the molecule is CCN(CC)S(=O)(=O)c1ccc(C(=O)NC[C@@](C)(O)c2cc3ccccc3s2)cc1. The van der Waals surface area contributed by atoms with Crippen molar-refractivity contribution < 1.29 is 18.3 Å². The highest BCUT2D eigenvalue weighted by molar-refractivity contribution is 7.89. The molecule has 30 heavy (non-hydrogen) atoms. The number of thiophene rings is 1. The quantitative estimate of drug-likeness (QED) is 0.554. The van der Waals surface area contributed by atoms with Gasteiger partial charge in [0.15, 0.2) is 0 Å². The van der Waals surface area contributed by atoms with Gasteiger partial charge in [0, 0.05) is 28.2 Å². The van der Waals surface area contributed by atoms with Gasteiger partial charge in [0.05, 0.1) is 11.4 Å². The third kappa shape index (κ3) is 4.57. The molecule has 0 spiro atoms. The Morgan fingerprint density at radius 2 is 1.73 bits per heavy atom. The maximum Gasteiger partial charge on any atom is 0.251 e. The molecule has 160 valence electrons. The van der Waals surface area contributed by atoms with E-state index in [1.54, 1.807) is 20.8 Å². The summed E-state index contributed by atoms with van der Waals surface area (Å²) in [5.74, 6) is -0.372. The topological polar surface area (TPSA) is 86.7 Å². The first-order valence-electron chi connectivity index (χ1n) is 9.79. The largest absolute Gasteiger partial charge is 0.383 e.